The SMILES string of the molecule is CCN(c1ncc(-c2cscn2)cc1CN1C(=O)OC(c2cc(C(F)(F)F)cc(C(F)(F)F)c2)[C@@H]1C)C1CCCCC1.CCN(c1ncc(Br)cc1CN1C(=O)O[C@H](c2cc(C)cc(C(F)(F)F)c2)[C@@H]1C)C1CCCCC1. The highest BCUT2D eigenvalue weighted by Crippen LogP contribution is 2.43. The van der Waals surface area contributed by atoms with Crippen LogP contribution in [0, 0.1) is 6.92 Å². The molecule has 4 fully saturated rings. The fourth-order valence-corrected chi connectivity index (χ4v) is 12.1. The lowest BCUT2D eigenvalue weighted by molar-refractivity contribution is -0.143. The largest absolute Gasteiger partial charge is 0.439 e. The minimum absolute atomic E-state index is 0.00508. The highest BCUT2D eigenvalue weighted by molar-refractivity contribution is 9.10. The Morgan fingerprint density at radius 3 is 1.49 bits per heavy atom. The van der Waals surface area contributed by atoms with Crippen LogP contribution >= 0.6 is 27.3 Å². The van der Waals surface area contributed by atoms with Gasteiger partial charge in [0.1, 0.15) is 23.8 Å². The van der Waals surface area contributed by atoms with Crippen molar-refractivity contribution in [3.05, 3.63) is 121 Å². The summed E-state index contributed by atoms with van der Waals surface area (Å²) in [5.74, 6) is 1.53. The van der Waals surface area contributed by atoms with Crippen molar-refractivity contribution in [1.82, 2.24) is 24.8 Å². The highest BCUT2D eigenvalue weighted by atomic mass is 79.9. The number of carbonyl (C=O) groups is 2. The van der Waals surface area contributed by atoms with Crippen molar-refractivity contribution in [3.8, 4) is 11.3 Å². The van der Waals surface area contributed by atoms with Gasteiger partial charge in [0.2, 0.25) is 0 Å². The van der Waals surface area contributed by atoms with Crippen LogP contribution in [0.15, 0.2) is 76.3 Å². The van der Waals surface area contributed by atoms with Gasteiger partial charge in [0.25, 0.3) is 0 Å². The second-order valence-corrected chi connectivity index (χ2v) is 21.8. The number of pyridine rings is 2. The quantitative estimate of drug-likeness (QED) is 0.107. The van der Waals surface area contributed by atoms with Crippen molar-refractivity contribution in [2.75, 3.05) is 22.9 Å². The first-order valence-corrected chi connectivity index (χ1v) is 27.7. The van der Waals surface area contributed by atoms with Crippen molar-refractivity contribution in [3.63, 3.8) is 0 Å². The summed E-state index contributed by atoms with van der Waals surface area (Å²) in [5.41, 5.74) is 1.52. The second-order valence-electron chi connectivity index (χ2n) is 20.2. The molecule has 5 aromatic rings. The molecular weight excluding hydrogens is 1110 g/mol. The number of hydrogen-bond donors (Lipinski definition) is 0. The molecule has 2 saturated heterocycles. The van der Waals surface area contributed by atoms with E-state index in [-0.39, 0.29) is 30.8 Å². The molecule has 4 aliphatic rings. The molecule has 5 heterocycles. The van der Waals surface area contributed by atoms with E-state index in [9.17, 15) is 49.1 Å². The summed E-state index contributed by atoms with van der Waals surface area (Å²) in [7, 11) is 0. The second kappa shape index (κ2) is 23.8. The number of amides is 2. The van der Waals surface area contributed by atoms with Crippen LogP contribution in [-0.4, -0.2) is 74.2 Å². The first-order chi connectivity index (χ1) is 36.4. The fourth-order valence-electron chi connectivity index (χ4n) is 11.1. The maximum atomic E-state index is 13.5. The Morgan fingerprint density at radius 1 is 0.610 bits per heavy atom. The van der Waals surface area contributed by atoms with Gasteiger partial charge in [-0.25, -0.2) is 24.5 Å². The average Bonchev–Trinajstić information content (AvgIpc) is 4.13. The number of rotatable bonds is 13. The van der Waals surface area contributed by atoms with E-state index in [0.29, 0.717) is 52.9 Å². The molecule has 2 amide bonds. The fraction of sp³-hybridized carbons (Fsp3) is 0.509. The Hall–Kier alpha value is -5.64. The number of cyclic esters (lactones) is 2. The zero-order valence-corrected chi connectivity index (χ0v) is 45.6. The van der Waals surface area contributed by atoms with Crippen LogP contribution in [0.25, 0.3) is 11.3 Å². The molecule has 11 nitrogen and oxygen atoms in total. The van der Waals surface area contributed by atoms with Gasteiger partial charge in [0.15, 0.2) is 0 Å². The van der Waals surface area contributed by atoms with E-state index >= 15 is 0 Å². The number of nitrogens with zero attached hydrogens (tertiary/aromatic N) is 7. The van der Waals surface area contributed by atoms with Gasteiger partial charge in [-0.15, -0.1) is 11.3 Å². The molecule has 2 aromatic carbocycles. The average molecular weight is 1170 g/mol. The predicted octanol–water partition coefficient (Wildman–Crippen LogP) is 15.9. The highest BCUT2D eigenvalue weighted by Gasteiger charge is 2.45. The van der Waals surface area contributed by atoms with E-state index in [1.54, 1.807) is 42.7 Å². The number of ether oxygens (including phenoxy) is 2. The maximum Gasteiger partial charge on any atom is 0.416 e. The number of aryl methyl sites for hydroxylation is 1. The topological polar surface area (TPSA) is 104 Å². The van der Waals surface area contributed by atoms with Crippen LogP contribution < -0.4 is 9.80 Å². The lowest BCUT2D eigenvalue weighted by Gasteiger charge is -2.36. The molecule has 4 atom stereocenters. The van der Waals surface area contributed by atoms with E-state index in [2.05, 4.69) is 37.6 Å². The van der Waals surface area contributed by atoms with E-state index in [0.717, 1.165) is 78.6 Å². The third-order valence-electron chi connectivity index (χ3n) is 15.0. The standard InChI is InChI=1S/C29H30F6N4O2S.C26H31BrF3N3O2/c1-3-38(23-7-5-4-6-8-23)26-20(9-19(13-36-26)24-15-42-16-37-24)14-39-17(2)25(41-27(39)40)18-10-21(28(30,31)32)12-22(11-18)29(33,34)35;1-4-32(22-8-6-5-7-9-22)24-19(13-21(27)14-31-24)15-33-17(3)23(35-25(33)34)18-10-16(2)11-20(12-18)26(28,29)30/h9-13,15-17,23,25H,3-8,14H2,1-2H3;10-14,17,22-23H,4-9,15H2,1-3H3/t17-,25?;17-,23-/m00/s1. The monoisotopic (exact) mass is 1170 g/mol. The smallest absolute Gasteiger partial charge is 0.416 e. The van der Waals surface area contributed by atoms with Gasteiger partial charge in [0.05, 0.1) is 53.1 Å². The van der Waals surface area contributed by atoms with Gasteiger partial charge < -0.3 is 19.3 Å². The van der Waals surface area contributed by atoms with Crippen molar-refractivity contribution < 1.29 is 58.6 Å². The summed E-state index contributed by atoms with van der Waals surface area (Å²) in [4.78, 5) is 47.3. The normalized spacial score (nSPS) is 20.7. The molecule has 0 spiro atoms. The molecule has 416 valence electrons. The molecule has 1 unspecified atom stereocenters. The molecule has 0 radical (unpaired) electrons. The zero-order valence-electron chi connectivity index (χ0n) is 43.2. The van der Waals surface area contributed by atoms with Crippen LogP contribution in [-0.2, 0) is 41.1 Å². The lowest BCUT2D eigenvalue weighted by Crippen LogP contribution is -2.39. The summed E-state index contributed by atoms with van der Waals surface area (Å²) in [6.45, 7) is 10.9. The van der Waals surface area contributed by atoms with Crippen LogP contribution in [0.4, 0.5) is 60.7 Å². The summed E-state index contributed by atoms with van der Waals surface area (Å²) in [5, 5.41) is 1.87. The minimum atomic E-state index is -5.01. The van der Waals surface area contributed by atoms with Crippen molar-refractivity contribution in [2.45, 2.75) is 167 Å². The molecule has 2 saturated carbocycles. The number of halogens is 10. The molecule has 2 aliphatic carbocycles. The van der Waals surface area contributed by atoms with Gasteiger partial charge in [-0.3, -0.25) is 9.80 Å². The van der Waals surface area contributed by atoms with E-state index in [1.165, 1.54) is 41.9 Å². The number of benzene rings is 2. The molecule has 3 aromatic heterocycles. The Labute approximate surface area is 454 Å². The van der Waals surface area contributed by atoms with Crippen molar-refractivity contribution in [1.29, 1.82) is 0 Å². The van der Waals surface area contributed by atoms with E-state index < -0.39 is 71.7 Å². The van der Waals surface area contributed by atoms with Crippen LogP contribution in [0.5, 0.6) is 0 Å². The first-order valence-electron chi connectivity index (χ1n) is 25.9. The number of thiazole rings is 1. The van der Waals surface area contributed by atoms with Gasteiger partial charge >= 0.3 is 30.7 Å². The first kappa shape index (κ1) is 57.5. The molecule has 22 heteroatoms. The third-order valence-corrected chi connectivity index (χ3v) is 16.0. The number of aromatic nitrogens is 3. The molecule has 0 bridgehead atoms. The van der Waals surface area contributed by atoms with E-state index in [1.807, 2.05) is 31.4 Å². The number of anilines is 2. The van der Waals surface area contributed by atoms with Crippen LogP contribution in [0.3, 0.4) is 0 Å². The third kappa shape index (κ3) is 13.3. The summed E-state index contributed by atoms with van der Waals surface area (Å²) < 4.78 is 133. The number of carbonyl (C=O) groups excluding carboxylic acids is 2. The summed E-state index contributed by atoms with van der Waals surface area (Å²) in [6, 6.07) is 8.37. The lowest BCUT2D eigenvalue weighted by atomic mass is 9.93. The summed E-state index contributed by atoms with van der Waals surface area (Å²) in [6.07, 6.45) is -3.23. The predicted molar refractivity (Wildman–Crippen MR) is 278 cm³/mol. The van der Waals surface area contributed by atoms with Crippen molar-refractivity contribution in [2.24, 2.45) is 0 Å². The Bertz CT molecular complexity index is 2830. The molecule has 2 aliphatic heterocycles. The molecule has 9 rings (SSSR count). The van der Waals surface area contributed by atoms with Crippen molar-refractivity contribution >= 4 is 51.1 Å². The Kier molecular flexibility index (Phi) is 17.8. The minimum Gasteiger partial charge on any atom is -0.439 e. The molecule has 0 N–H and O–H groups in total. The van der Waals surface area contributed by atoms with E-state index in [4.69, 9.17) is 19.4 Å². The van der Waals surface area contributed by atoms with Gasteiger partial charge in [-0.05, 0) is 130 Å². The van der Waals surface area contributed by atoms with Gasteiger partial charge in [-0.2, -0.15) is 39.5 Å². The molecule has 77 heavy (non-hydrogen) atoms. The zero-order chi connectivity index (χ0) is 55.6. The molecular formula is C55H61BrF9N7O4S. The van der Waals surface area contributed by atoms with Gasteiger partial charge in [-0.1, -0.05) is 50.2 Å². The number of alkyl halides is 9. The maximum absolute atomic E-state index is 13.5. The Morgan fingerprint density at radius 2 is 1.05 bits per heavy atom. The van der Waals surface area contributed by atoms with Crippen LogP contribution in [0.2, 0.25) is 0 Å². The van der Waals surface area contributed by atoms with Gasteiger partial charge in [0, 0.05) is 64.1 Å². The van der Waals surface area contributed by atoms with Crippen LogP contribution in [0.1, 0.15) is 149 Å². The number of hydrogen-bond acceptors (Lipinski definition) is 10. The summed E-state index contributed by atoms with van der Waals surface area (Å²) >= 11 is 4.93. The Balaban J connectivity index is 0.000000207.